The average Bonchev–Trinajstić information content (AvgIpc) is 2.18. The summed E-state index contributed by atoms with van der Waals surface area (Å²) in [6.45, 7) is 1.78. The van der Waals surface area contributed by atoms with Crippen LogP contribution in [0.3, 0.4) is 0 Å². The molecule has 3 N–H and O–H groups in total. The number of rotatable bonds is 3. The number of hydrogen-bond donors (Lipinski definition) is 2. The lowest BCUT2D eigenvalue weighted by Gasteiger charge is -2.11. The van der Waals surface area contributed by atoms with E-state index >= 15 is 0 Å². The Kier molecular flexibility index (Phi) is 3.69. The number of hydrogen-bond acceptors (Lipinski definition) is 3. The highest BCUT2D eigenvalue weighted by Crippen LogP contribution is 2.10. The number of anilines is 1. The number of nitrogens with two attached hydrogens (primary N) is 1. The van der Waals surface area contributed by atoms with E-state index in [1.807, 2.05) is 6.07 Å². The van der Waals surface area contributed by atoms with Crippen LogP contribution in [-0.4, -0.2) is 11.9 Å². The summed E-state index contributed by atoms with van der Waals surface area (Å²) < 4.78 is 0. The molecule has 0 fully saturated rings. The molecule has 0 aliphatic rings. The summed E-state index contributed by atoms with van der Waals surface area (Å²) in [7, 11) is 0. The summed E-state index contributed by atoms with van der Waals surface area (Å²) in [4.78, 5) is 11.7. The number of amides is 1. The number of nitriles is 1. The first-order valence-corrected chi connectivity index (χ1v) is 4.67. The molecule has 1 aromatic rings. The fourth-order valence-electron chi connectivity index (χ4n) is 1.19. The van der Waals surface area contributed by atoms with Crippen LogP contribution in [0.5, 0.6) is 0 Å². The molecule has 0 aromatic heterocycles. The van der Waals surface area contributed by atoms with E-state index in [9.17, 15) is 4.79 Å². The minimum atomic E-state index is -0.240. The standard InChI is InChI=1S/C11H13N3O/c1-8(6-7-12)14-11(15)9-4-2-3-5-10(9)13/h2-5,8H,6,13H2,1H3,(H,14,15). The van der Waals surface area contributed by atoms with E-state index in [-0.39, 0.29) is 11.9 Å². The van der Waals surface area contributed by atoms with E-state index in [0.717, 1.165) is 0 Å². The summed E-state index contributed by atoms with van der Waals surface area (Å²) in [5.41, 5.74) is 6.54. The van der Waals surface area contributed by atoms with Crippen molar-refractivity contribution in [1.82, 2.24) is 5.32 Å². The Bertz CT molecular complexity index is 395. The second kappa shape index (κ2) is 5.01. The predicted molar refractivity (Wildman–Crippen MR) is 58.0 cm³/mol. The van der Waals surface area contributed by atoms with Gasteiger partial charge in [0, 0.05) is 11.7 Å². The first-order valence-electron chi connectivity index (χ1n) is 4.67. The van der Waals surface area contributed by atoms with Crippen molar-refractivity contribution in [3.8, 4) is 6.07 Å². The van der Waals surface area contributed by atoms with Crippen molar-refractivity contribution in [2.45, 2.75) is 19.4 Å². The highest BCUT2D eigenvalue weighted by molar-refractivity contribution is 5.99. The lowest BCUT2D eigenvalue weighted by molar-refractivity contribution is 0.0942. The molecule has 4 nitrogen and oxygen atoms in total. The third-order valence-electron chi connectivity index (χ3n) is 1.98. The van der Waals surface area contributed by atoms with Crippen molar-refractivity contribution >= 4 is 11.6 Å². The number of nitrogens with one attached hydrogen (secondary N) is 1. The molecule has 15 heavy (non-hydrogen) atoms. The van der Waals surface area contributed by atoms with Crippen LogP contribution in [0.25, 0.3) is 0 Å². The van der Waals surface area contributed by atoms with Gasteiger partial charge in [-0.3, -0.25) is 4.79 Å². The Labute approximate surface area is 88.7 Å². The van der Waals surface area contributed by atoms with Gasteiger partial charge in [0.25, 0.3) is 5.91 Å². The molecular weight excluding hydrogens is 190 g/mol. The Morgan fingerprint density at radius 1 is 1.60 bits per heavy atom. The summed E-state index contributed by atoms with van der Waals surface area (Å²) >= 11 is 0. The van der Waals surface area contributed by atoms with Crippen LogP contribution in [-0.2, 0) is 0 Å². The topological polar surface area (TPSA) is 78.9 Å². The van der Waals surface area contributed by atoms with Gasteiger partial charge in [-0.05, 0) is 19.1 Å². The zero-order chi connectivity index (χ0) is 11.3. The first-order chi connectivity index (χ1) is 7.15. The van der Waals surface area contributed by atoms with E-state index < -0.39 is 0 Å². The lowest BCUT2D eigenvalue weighted by Crippen LogP contribution is -2.32. The smallest absolute Gasteiger partial charge is 0.253 e. The third kappa shape index (κ3) is 2.99. The summed E-state index contributed by atoms with van der Waals surface area (Å²) in [5.74, 6) is -0.240. The van der Waals surface area contributed by atoms with Gasteiger partial charge in [-0.25, -0.2) is 0 Å². The Balaban J connectivity index is 2.70. The van der Waals surface area contributed by atoms with Crippen LogP contribution in [0.4, 0.5) is 5.69 Å². The zero-order valence-electron chi connectivity index (χ0n) is 8.53. The molecule has 78 valence electrons. The molecule has 1 amide bonds. The first kappa shape index (κ1) is 11.1. The number of carbonyl (C=O) groups excluding carboxylic acids is 1. The molecule has 0 radical (unpaired) electrons. The van der Waals surface area contributed by atoms with Crippen LogP contribution in [0.2, 0.25) is 0 Å². The molecule has 1 unspecified atom stereocenters. The summed E-state index contributed by atoms with van der Waals surface area (Å²) in [6.07, 6.45) is 0.290. The second-order valence-electron chi connectivity index (χ2n) is 3.32. The highest BCUT2D eigenvalue weighted by Gasteiger charge is 2.11. The molecule has 1 aromatic carbocycles. The fourth-order valence-corrected chi connectivity index (χ4v) is 1.19. The van der Waals surface area contributed by atoms with Crippen molar-refractivity contribution < 1.29 is 4.79 Å². The quantitative estimate of drug-likeness (QED) is 0.727. The van der Waals surface area contributed by atoms with E-state index in [2.05, 4.69) is 5.32 Å². The van der Waals surface area contributed by atoms with Crippen molar-refractivity contribution in [2.24, 2.45) is 0 Å². The number of benzene rings is 1. The Hall–Kier alpha value is -2.02. The van der Waals surface area contributed by atoms with Gasteiger partial charge in [0.2, 0.25) is 0 Å². The van der Waals surface area contributed by atoms with Gasteiger partial charge in [0.15, 0.2) is 0 Å². The normalized spacial score (nSPS) is 11.5. The van der Waals surface area contributed by atoms with Gasteiger partial charge < -0.3 is 11.1 Å². The van der Waals surface area contributed by atoms with Crippen LogP contribution in [0, 0.1) is 11.3 Å². The number of para-hydroxylation sites is 1. The molecule has 0 aliphatic carbocycles. The molecule has 1 atom stereocenters. The minimum Gasteiger partial charge on any atom is -0.398 e. The van der Waals surface area contributed by atoms with Crippen LogP contribution in [0.15, 0.2) is 24.3 Å². The molecule has 0 spiro atoms. The third-order valence-corrected chi connectivity index (χ3v) is 1.98. The molecule has 0 saturated heterocycles. The second-order valence-corrected chi connectivity index (χ2v) is 3.32. The SMILES string of the molecule is CC(CC#N)NC(=O)c1ccccc1N. The highest BCUT2D eigenvalue weighted by atomic mass is 16.1. The molecule has 0 bridgehead atoms. The van der Waals surface area contributed by atoms with Gasteiger partial charge in [-0.2, -0.15) is 5.26 Å². The molecule has 1 rings (SSSR count). The number of nitrogens with zero attached hydrogens (tertiary/aromatic N) is 1. The van der Waals surface area contributed by atoms with E-state index in [4.69, 9.17) is 11.0 Å². The van der Waals surface area contributed by atoms with Crippen molar-refractivity contribution in [3.05, 3.63) is 29.8 Å². The molecular formula is C11H13N3O. The molecule has 0 aliphatic heterocycles. The maximum absolute atomic E-state index is 11.7. The summed E-state index contributed by atoms with van der Waals surface area (Å²) in [6, 6.07) is 8.67. The average molecular weight is 203 g/mol. The molecule has 0 saturated carbocycles. The van der Waals surface area contributed by atoms with E-state index in [1.54, 1.807) is 31.2 Å². The monoisotopic (exact) mass is 203 g/mol. The lowest BCUT2D eigenvalue weighted by atomic mass is 10.1. The predicted octanol–water partition coefficient (Wildman–Crippen LogP) is 1.30. The molecule has 4 heteroatoms. The zero-order valence-corrected chi connectivity index (χ0v) is 8.53. The number of carbonyl (C=O) groups is 1. The van der Waals surface area contributed by atoms with Crippen molar-refractivity contribution in [1.29, 1.82) is 5.26 Å². The van der Waals surface area contributed by atoms with E-state index in [1.165, 1.54) is 0 Å². The maximum atomic E-state index is 11.7. The maximum Gasteiger partial charge on any atom is 0.253 e. The van der Waals surface area contributed by atoms with Crippen LogP contribution in [0.1, 0.15) is 23.7 Å². The molecule has 0 heterocycles. The minimum absolute atomic E-state index is 0.165. The van der Waals surface area contributed by atoms with Crippen LogP contribution >= 0.6 is 0 Å². The van der Waals surface area contributed by atoms with Gasteiger partial charge in [-0.15, -0.1) is 0 Å². The Morgan fingerprint density at radius 3 is 2.87 bits per heavy atom. The van der Waals surface area contributed by atoms with Gasteiger partial charge in [-0.1, -0.05) is 12.1 Å². The van der Waals surface area contributed by atoms with Crippen molar-refractivity contribution in [3.63, 3.8) is 0 Å². The largest absolute Gasteiger partial charge is 0.398 e. The number of nitrogen functional groups attached to an aromatic ring is 1. The summed E-state index contributed by atoms with van der Waals surface area (Å²) in [5, 5.41) is 11.1. The van der Waals surface area contributed by atoms with E-state index in [0.29, 0.717) is 17.7 Å². The van der Waals surface area contributed by atoms with Crippen molar-refractivity contribution in [2.75, 3.05) is 5.73 Å². The Morgan fingerprint density at radius 2 is 2.27 bits per heavy atom. The fraction of sp³-hybridized carbons (Fsp3) is 0.273. The van der Waals surface area contributed by atoms with Gasteiger partial charge in [0.05, 0.1) is 18.1 Å². The van der Waals surface area contributed by atoms with Gasteiger partial charge in [0.1, 0.15) is 0 Å². The van der Waals surface area contributed by atoms with Crippen LogP contribution < -0.4 is 11.1 Å². The van der Waals surface area contributed by atoms with Gasteiger partial charge >= 0.3 is 0 Å².